The number of imidazole rings is 1. The second-order valence-electron chi connectivity index (χ2n) is 9.24. The third kappa shape index (κ3) is 3.98. The highest BCUT2D eigenvalue weighted by Crippen LogP contribution is 2.35. The van der Waals surface area contributed by atoms with Crippen LogP contribution >= 0.6 is 0 Å². The summed E-state index contributed by atoms with van der Waals surface area (Å²) in [5.41, 5.74) is 4.63. The van der Waals surface area contributed by atoms with Gasteiger partial charge in [0.15, 0.2) is 0 Å². The highest BCUT2D eigenvalue weighted by molar-refractivity contribution is 6.09. The van der Waals surface area contributed by atoms with Gasteiger partial charge < -0.3 is 14.5 Å². The zero-order valence-corrected chi connectivity index (χ0v) is 19.2. The lowest BCUT2D eigenvalue weighted by Gasteiger charge is -2.33. The molecule has 9 heteroatoms. The fraction of sp³-hybridized carbons (Fsp3) is 0.360. The maximum absolute atomic E-state index is 12.9. The number of imide groups is 1. The second kappa shape index (κ2) is 8.48. The Hall–Kier alpha value is -3.88. The standard InChI is InChI=1S/C25H27N5O4/c1-16-9-11-25(12-10-16)23(32)30(24(33)27-25)28-22(31)18-5-7-20(8-6-18)34-15-19-14-29-13-3-4-17(2)21(29)26-19/h3-8,13-14,16H,9-12,15H2,1-2H3,(H,27,33)(H,28,31). The minimum absolute atomic E-state index is 0.288. The van der Waals surface area contributed by atoms with E-state index in [-0.39, 0.29) is 12.5 Å². The van der Waals surface area contributed by atoms with Gasteiger partial charge in [0.25, 0.3) is 11.8 Å². The number of hydrogen-bond donors (Lipinski definition) is 2. The highest BCUT2D eigenvalue weighted by atomic mass is 16.5. The molecule has 1 aromatic carbocycles. The average molecular weight is 462 g/mol. The lowest BCUT2D eigenvalue weighted by molar-refractivity contribution is -0.134. The van der Waals surface area contributed by atoms with Crippen molar-refractivity contribution in [1.82, 2.24) is 25.1 Å². The second-order valence-corrected chi connectivity index (χ2v) is 9.24. The van der Waals surface area contributed by atoms with Crippen LogP contribution in [0, 0.1) is 12.8 Å². The lowest BCUT2D eigenvalue weighted by atomic mass is 9.77. The lowest BCUT2D eigenvalue weighted by Crippen LogP contribution is -2.51. The predicted octanol–water partition coefficient (Wildman–Crippen LogP) is 3.37. The van der Waals surface area contributed by atoms with Crippen LogP contribution in [0.25, 0.3) is 5.65 Å². The van der Waals surface area contributed by atoms with Crippen LogP contribution in [0.2, 0.25) is 0 Å². The van der Waals surface area contributed by atoms with Gasteiger partial charge in [0, 0.05) is 18.0 Å². The fourth-order valence-corrected chi connectivity index (χ4v) is 4.62. The number of carbonyl (C=O) groups excluding carboxylic acids is 3. The van der Waals surface area contributed by atoms with Gasteiger partial charge in [-0.05, 0) is 74.4 Å². The molecule has 1 aliphatic heterocycles. The zero-order chi connectivity index (χ0) is 23.9. The SMILES string of the molecule is Cc1cccn2cc(COc3ccc(C(=O)NN4C(=O)NC5(CCC(C)CC5)C4=O)cc3)nc12. The smallest absolute Gasteiger partial charge is 0.344 e. The van der Waals surface area contributed by atoms with Crippen molar-refractivity contribution in [3.8, 4) is 5.75 Å². The number of nitrogens with one attached hydrogen (secondary N) is 2. The van der Waals surface area contributed by atoms with Crippen LogP contribution in [-0.2, 0) is 11.4 Å². The Morgan fingerprint density at radius 1 is 1.21 bits per heavy atom. The molecule has 1 saturated carbocycles. The van der Waals surface area contributed by atoms with E-state index in [2.05, 4.69) is 22.7 Å². The largest absolute Gasteiger partial charge is 0.487 e. The van der Waals surface area contributed by atoms with E-state index >= 15 is 0 Å². The molecule has 3 heterocycles. The normalized spacial score (nSPS) is 22.3. The third-order valence-electron chi connectivity index (χ3n) is 6.73. The summed E-state index contributed by atoms with van der Waals surface area (Å²) in [6.45, 7) is 4.43. The Kier molecular flexibility index (Phi) is 5.47. The molecule has 176 valence electrons. The molecule has 34 heavy (non-hydrogen) atoms. The van der Waals surface area contributed by atoms with Gasteiger partial charge in [-0.25, -0.2) is 9.78 Å². The molecule has 2 aliphatic rings. The van der Waals surface area contributed by atoms with Crippen LogP contribution in [0.1, 0.15) is 54.2 Å². The van der Waals surface area contributed by atoms with Crippen molar-refractivity contribution >= 4 is 23.5 Å². The van der Waals surface area contributed by atoms with Gasteiger partial charge in [-0.15, -0.1) is 0 Å². The molecular weight excluding hydrogens is 434 g/mol. The van der Waals surface area contributed by atoms with E-state index in [4.69, 9.17) is 4.74 Å². The molecule has 1 saturated heterocycles. The van der Waals surface area contributed by atoms with E-state index < -0.39 is 17.5 Å². The number of rotatable bonds is 5. The Bertz CT molecular complexity index is 1260. The average Bonchev–Trinajstić information content (AvgIpc) is 3.35. The number of pyridine rings is 1. The maximum atomic E-state index is 12.9. The molecule has 3 aromatic rings. The molecule has 2 fully saturated rings. The number of benzene rings is 1. The number of aryl methyl sites for hydroxylation is 1. The number of ether oxygens (including phenoxy) is 1. The molecule has 9 nitrogen and oxygen atoms in total. The van der Waals surface area contributed by atoms with Gasteiger partial charge in [-0.3, -0.25) is 15.0 Å². The van der Waals surface area contributed by atoms with Gasteiger partial charge >= 0.3 is 6.03 Å². The quantitative estimate of drug-likeness (QED) is 0.567. The van der Waals surface area contributed by atoms with Crippen molar-refractivity contribution in [3.05, 3.63) is 65.6 Å². The van der Waals surface area contributed by atoms with Crippen LogP contribution in [0.15, 0.2) is 48.8 Å². The number of hydrogen-bond acceptors (Lipinski definition) is 5. The third-order valence-corrected chi connectivity index (χ3v) is 6.73. The summed E-state index contributed by atoms with van der Waals surface area (Å²) in [7, 11) is 0. The van der Waals surface area contributed by atoms with E-state index in [1.54, 1.807) is 24.3 Å². The van der Waals surface area contributed by atoms with Crippen LogP contribution in [0.5, 0.6) is 5.75 Å². The molecule has 1 aliphatic carbocycles. The number of urea groups is 1. The number of carbonyl (C=O) groups is 3. The van der Waals surface area contributed by atoms with Crippen LogP contribution < -0.4 is 15.5 Å². The van der Waals surface area contributed by atoms with Gasteiger partial charge in [0.2, 0.25) is 0 Å². The molecule has 2 aromatic heterocycles. The van der Waals surface area contributed by atoms with E-state index in [1.165, 1.54) is 0 Å². The zero-order valence-electron chi connectivity index (χ0n) is 19.2. The number of amides is 4. The van der Waals surface area contributed by atoms with Crippen molar-refractivity contribution in [2.24, 2.45) is 5.92 Å². The predicted molar refractivity (Wildman–Crippen MR) is 124 cm³/mol. The minimum Gasteiger partial charge on any atom is -0.487 e. The van der Waals surface area contributed by atoms with Gasteiger partial charge in [-0.1, -0.05) is 13.0 Å². The van der Waals surface area contributed by atoms with Crippen molar-refractivity contribution < 1.29 is 19.1 Å². The first-order valence-electron chi connectivity index (χ1n) is 11.5. The van der Waals surface area contributed by atoms with E-state index in [1.807, 2.05) is 35.9 Å². The summed E-state index contributed by atoms with van der Waals surface area (Å²) in [6, 6.07) is 9.91. The number of aromatic nitrogens is 2. The van der Waals surface area contributed by atoms with Gasteiger partial charge in [0.05, 0.1) is 5.69 Å². The van der Waals surface area contributed by atoms with Crippen molar-refractivity contribution in [2.45, 2.75) is 51.7 Å². The summed E-state index contributed by atoms with van der Waals surface area (Å²) in [5, 5.41) is 3.61. The molecule has 0 radical (unpaired) electrons. The maximum Gasteiger partial charge on any atom is 0.344 e. The molecule has 0 unspecified atom stereocenters. The molecule has 5 rings (SSSR count). The summed E-state index contributed by atoms with van der Waals surface area (Å²) in [5.74, 6) is 0.180. The monoisotopic (exact) mass is 461 g/mol. The van der Waals surface area contributed by atoms with E-state index in [0.717, 1.165) is 34.8 Å². The molecule has 4 amide bonds. The molecule has 0 atom stereocenters. The first kappa shape index (κ1) is 21.9. The Morgan fingerprint density at radius 2 is 1.94 bits per heavy atom. The van der Waals surface area contributed by atoms with Crippen molar-refractivity contribution in [2.75, 3.05) is 0 Å². The number of fused-ring (bicyclic) bond motifs is 1. The van der Waals surface area contributed by atoms with E-state index in [0.29, 0.717) is 30.1 Å². The minimum atomic E-state index is -0.898. The van der Waals surface area contributed by atoms with Gasteiger partial charge in [-0.2, -0.15) is 5.01 Å². The summed E-state index contributed by atoms with van der Waals surface area (Å²) < 4.78 is 7.77. The molecule has 0 bridgehead atoms. The summed E-state index contributed by atoms with van der Waals surface area (Å²) in [4.78, 5) is 42.6. The summed E-state index contributed by atoms with van der Waals surface area (Å²) in [6.07, 6.45) is 6.76. The molecular formula is C25H27N5O4. The first-order chi connectivity index (χ1) is 16.3. The topological polar surface area (TPSA) is 105 Å². The van der Waals surface area contributed by atoms with E-state index in [9.17, 15) is 14.4 Å². The van der Waals surface area contributed by atoms with Crippen molar-refractivity contribution in [3.63, 3.8) is 0 Å². The Balaban J connectivity index is 1.20. The molecule has 2 N–H and O–H groups in total. The fourth-order valence-electron chi connectivity index (χ4n) is 4.62. The Labute approximate surface area is 197 Å². The van der Waals surface area contributed by atoms with Gasteiger partial charge in [0.1, 0.15) is 23.5 Å². The van der Waals surface area contributed by atoms with Crippen LogP contribution in [0.4, 0.5) is 4.79 Å². The highest BCUT2D eigenvalue weighted by Gasteiger charge is 2.52. The van der Waals surface area contributed by atoms with Crippen LogP contribution in [-0.4, -0.2) is 37.8 Å². The van der Waals surface area contributed by atoms with Crippen LogP contribution in [0.3, 0.4) is 0 Å². The summed E-state index contributed by atoms with van der Waals surface area (Å²) >= 11 is 0. The van der Waals surface area contributed by atoms with Crippen molar-refractivity contribution in [1.29, 1.82) is 0 Å². The first-order valence-corrected chi connectivity index (χ1v) is 11.5. The number of nitrogens with zero attached hydrogens (tertiary/aromatic N) is 3. The number of hydrazine groups is 1. The Morgan fingerprint density at radius 3 is 2.65 bits per heavy atom. The molecule has 1 spiro atoms.